The van der Waals surface area contributed by atoms with Gasteiger partial charge >= 0.3 is 0 Å². The molecule has 0 fully saturated rings. The number of benzene rings is 1. The van der Waals surface area contributed by atoms with E-state index in [0.717, 1.165) is 29.2 Å². The lowest BCUT2D eigenvalue weighted by Crippen LogP contribution is -2.42. The maximum absolute atomic E-state index is 12.8. The number of rotatable bonds is 10. The fraction of sp³-hybridized carbons (Fsp3) is 0.500. The molecule has 1 heterocycles. The molecule has 1 amide bonds. The summed E-state index contributed by atoms with van der Waals surface area (Å²) in [6.45, 7) is 11.0. The molecule has 0 bridgehead atoms. The zero-order chi connectivity index (χ0) is 19.8. The van der Waals surface area contributed by atoms with Crippen LogP contribution in [0.4, 0.5) is 0 Å². The molecule has 0 saturated heterocycles. The summed E-state index contributed by atoms with van der Waals surface area (Å²) < 4.78 is 2.17. The number of halogens is 1. The number of amides is 1. The Kier molecular flexibility index (Phi) is 8.39. The molecule has 0 aliphatic heterocycles. The second-order valence-electron chi connectivity index (χ2n) is 7.58. The Hall–Kier alpha value is -1.78. The first-order valence-corrected chi connectivity index (χ1v) is 10.2. The highest BCUT2D eigenvalue weighted by molar-refractivity contribution is 6.31. The number of carbonyl (C=O) groups excluding carboxylic acids is 1. The lowest BCUT2D eigenvalue weighted by Gasteiger charge is -2.26. The van der Waals surface area contributed by atoms with Crippen LogP contribution in [-0.4, -0.2) is 34.5 Å². The van der Waals surface area contributed by atoms with Gasteiger partial charge in [0.05, 0.1) is 13.1 Å². The van der Waals surface area contributed by atoms with Crippen molar-refractivity contribution in [3.05, 3.63) is 58.9 Å². The molecule has 0 aliphatic rings. The first-order valence-electron chi connectivity index (χ1n) is 9.79. The second-order valence-corrected chi connectivity index (χ2v) is 7.98. The molecule has 0 saturated carbocycles. The molecular formula is C22H32ClN3O. The van der Waals surface area contributed by atoms with Gasteiger partial charge in [-0.25, -0.2) is 0 Å². The van der Waals surface area contributed by atoms with Crippen molar-refractivity contribution in [2.75, 3.05) is 13.1 Å². The molecule has 5 heteroatoms. The van der Waals surface area contributed by atoms with Gasteiger partial charge in [-0.05, 0) is 43.0 Å². The van der Waals surface area contributed by atoms with Gasteiger partial charge in [0.25, 0.3) is 0 Å². The second kappa shape index (κ2) is 10.5. The molecule has 148 valence electrons. The zero-order valence-corrected chi connectivity index (χ0v) is 17.7. The number of hydrogen-bond acceptors (Lipinski definition) is 2. The molecule has 0 radical (unpaired) electrons. The van der Waals surface area contributed by atoms with Gasteiger partial charge in [0.2, 0.25) is 5.91 Å². The highest BCUT2D eigenvalue weighted by Gasteiger charge is 2.17. The minimum Gasteiger partial charge on any atom is -0.345 e. The van der Waals surface area contributed by atoms with E-state index >= 15 is 0 Å². The molecule has 1 unspecified atom stereocenters. The third-order valence-electron chi connectivity index (χ3n) is 4.73. The van der Waals surface area contributed by atoms with Crippen molar-refractivity contribution in [1.29, 1.82) is 0 Å². The van der Waals surface area contributed by atoms with Crippen molar-refractivity contribution in [2.45, 2.75) is 53.2 Å². The first kappa shape index (κ1) is 21.5. The van der Waals surface area contributed by atoms with Gasteiger partial charge in [0, 0.05) is 36.0 Å². The van der Waals surface area contributed by atoms with Gasteiger partial charge in [0.1, 0.15) is 0 Å². The van der Waals surface area contributed by atoms with Crippen LogP contribution in [0.5, 0.6) is 0 Å². The Morgan fingerprint density at radius 3 is 2.59 bits per heavy atom. The van der Waals surface area contributed by atoms with Gasteiger partial charge in [-0.2, -0.15) is 0 Å². The van der Waals surface area contributed by atoms with Crippen LogP contribution in [0, 0.1) is 5.92 Å². The normalized spacial score (nSPS) is 12.4. The summed E-state index contributed by atoms with van der Waals surface area (Å²) >= 11 is 6.32. The van der Waals surface area contributed by atoms with Crippen LogP contribution in [0.3, 0.4) is 0 Å². The van der Waals surface area contributed by atoms with Crippen molar-refractivity contribution in [3.8, 4) is 0 Å². The van der Waals surface area contributed by atoms with Crippen molar-refractivity contribution in [3.63, 3.8) is 0 Å². The Bertz CT molecular complexity index is 726. The summed E-state index contributed by atoms with van der Waals surface area (Å²) in [5.41, 5.74) is 2.20. The smallest absolute Gasteiger partial charge is 0.236 e. The SMILES string of the molecule is CCC(C)NCC(=O)N(Cc1cccn1Cc1ccccc1Cl)CC(C)C. The third-order valence-corrected chi connectivity index (χ3v) is 5.10. The number of aromatic nitrogens is 1. The monoisotopic (exact) mass is 389 g/mol. The molecule has 0 spiro atoms. The van der Waals surface area contributed by atoms with Crippen molar-refractivity contribution >= 4 is 17.5 Å². The summed E-state index contributed by atoms with van der Waals surface area (Å²) in [6.07, 6.45) is 3.06. The Morgan fingerprint density at radius 1 is 1.19 bits per heavy atom. The minimum absolute atomic E-state index is 0.148. The minimum atomic E-state index is 0.148. The molecule has 27 heavy (non-hydrogen) atoms. The summed E-state index contributed by atoms with van der Waals surface area (Å²) in [5.74, 6) is 0.569. The molecule has 1 N–H and O–H groups in total. The summed E-state index contributed by atoms with van der Waals surface area (Å²) in [6, 6.07) is 12.4. The van der Waals surface area contributed by atoms with E-state index < -0.39 is 0 Å². The van der Waals surface area contributed by atoms with Crippen molar-refractivity contribution in [1.82, 2.24) is 14.8 Å². The summed E-state index contributed by atoms with van der Waals surface area (Å²) in [4.78, 5) is 14.7. The number of carbonyl (C=O) groups is 1. The fourth-order valence-electron chi connectivity index (χ4n) is 2.97. The van der Waals surface area contributed by atoms with Gasteiger partial charge in [-0.1, -0.05) is 50.6 Å². The van der Waals surface area contributed by atoms with E-state index in [1.807, 2.05) is 41.4 Å². The van der Waals surface area contributed by atoms with E-state index in [4.69, 9.17) is 11.6 Å². The van der Waals surface area contributed by atoms with E-state index in [0.29, 0.717) is 31.6 Å². The van der Waals surface area contributed by atoms with Crippen LogP contribution in [0.15, 0.2) is 42.6 Å². The third kappa shape index (κ3) is 6.71. The maximum Gasteiger partial charge on any atom is 0.236 e. The molecule has 1 aromatic heterocycles. The van der Waals surface area contributed by atoms with Crippen LogP contribution in [0.25, 0.3) is 0 Å². The number of hydrogen-bond donors (Lipinski definition) is 1. The fourth-order valence-corrected chi connectivity index (χ4v) is 3.16. The van der Waals surface area contributed by atoms with Crippen LogP contribution < -0.4 is 5.32 Å². The topological polar surface area (TPSA) is 37.3 Å². The number of nitrogens with zero attached hydrogens (tertiary/aromatic N) is 2. The average Bonchev–Trinajstić information content (AvgIpc) is 3.07. The highest BCUT2D eigenvalue weighted by Crippen LogP contribution is 2.18. The molecule has 2 aromatic rings. The molecule has 2 rings (SSSR count). The van der Waals surface area contributed by atoms with E-state index in [-0.39, 0.29) is 5.91 Å². The first-order chi connectivity index (χ1) is 12.9. The lowest BCUT2D eigenvalue weighted by molar-refractivity contribution is -0.131. The molecule has 4 nitrogen and oxygen atoms in total. The maximum atomic E-state index is 12.8. The zero-order valence-electron chi connectivity index (χ0n) is 16.9. The Morgan fingerprint density at radius 2 is 1.93 bits per heavy atom. The molecule has 1 atom stereocenters. The summed E-state index contributed by atoms with van der Waals surface area (Å²) in [5, 5.41) is 4.08. The predicted octanol–water partition coefficient (Wildman–Crippen LogP) is 4.56. The highest BCUT2D eigenvalue weighted by atomic mass is 35.5. The largest absolute Gasteiger partial charge is 0.345 e. The van der Waals surface area contributed by atoms with Crippen LogP contribution in [0.2, 0.25) is 5.02 Å². The molecule has 1 aromatic carbocycles. The Labute approximate surface area is 168 Å². The van der Waals surface area contributed by atoms with Crippen molar-refractivity contribution < 1.29 is 4.79 Å². The van der Waals surface area contributed by atoms with Gasteiger partial charge in [-0.15, -0.1) is 0 Å². The van der Waals surface area contributed by atoms with Gasteiger partial charge in [-0.3, -0.25) is 4.79 Å². The van der Waals surface area contributed by atoms with E-state index in [1.54, 1.807) is 0 Å². The summed E-state index contributed by atoms with van der Waals surface area (Å²) in [7, 11) is 0. The Balaban J connectivity index is 2.10. The standard InChI is InChI=1S/C22H32ClN3O/c1-5-18(4)24-13-22(27)26(14-17(2)3)16-20-10-8-12-25(20)15-19-9-6-7-11-21(19)23/h6-12,17-18,24H,5,13-16H2,1-4H3. The van der Waals surface area contributed by atoms with E-state index in [9.17, 15) is 4.79 Å². The van der Waals surface area contributed by atoms with Gasteiger partial charge in [0.15, 0.2) is 0 Å². The van der Waals surface area contributed by atoms with Crippen LogP contribution in [-0.2, 0) is 17.9 Å². The number of nitrogens with one attached hydrogen (secondary N) is 1. The molecule has 0 aliphatic carbocycles. The van der Waals surface area contributed by atoms with Gasteiger partial charge < -0.3 is 14.8 Å². The molecular weight excluding hydrogens is 358 g/mol. The van der Waals surface area contributed by atoms with E-state index in [1.165, 1.54) is 0 Å². The predicted molar refractivity (Wildman–Crippen MR) is 113 cm³/mol. The van der Waals surface area contributed by atoms with Crippen LogP contribution >= 0.6 is 11.6 Å². The van der Waals surface area contributed by atoms with Crippen LogP contribution in [0.1, 0.15) is 45.4 Å². The van der Waals surface area contributed by atoms with Crippen molar-refractivity contribution in [2.24, 2.45) is 5.92 Å². The average molecular weight is 390 g/mol. The van der Waals surface area contributed by atoms with E-state index in [2.05, 4.69) is 43.6 Å². The quantitative estimate of drug-likeness (QED) is 0.646. The lowest BCUT2D eigenvalue weighted by atomic mass is 10.2.